The molecule has 1 unspecified atom stereocenters. The van der Waals surface area contributed by atoms with Gasteiger partial charge in [-0.2, -0.15) is 0 Å². The molecule has 0 bridgehead atoms. The second kappa shape index (κ2) is 5.48. The van der Waals surface area contributed by atoms with Gasteiger partial charge in [-0.3, -0.25) is 4.90 Å². The van der Waals surface area contributed by atoms with Crippen LogP contribution in [0.5, 0.6) is 0 Å². The number of aliphatic hydroxyl groups excluding tert-OH is 1. The van der Waals surface area contributed by atoms with Crippen molar-refractivity contribution >= 4 is 0 Å². The normalized spacial score (nSPS) is 38.8. The number of hydrogen-bond acceptors (Lipinski definition) is 3. The van der Waals surface area contributed by atoms with Gasteiger partial charge in [0.2, 0.25) is 0 Å². The molecule has 1 saturated carbocycles. The molecule has 94 valence electrons. The third kappa shape index (κ3) is 2.58. The van der Waals surface area contributed by atoms with Gasteiger partial charge in [0.25, 0.3) is 0 Å². The molecule has 2 aliphatic rings. The fraction of sp³-hybridized carbons (Fsp3) is 1.00. The van der Waals surface area contributed by atoms with Crippen molar-refractivity contribution in [2.24, 2.45) is 0 Å². The van der Waals surface area contributed by atoms with Crippen LogP contribution in [-0.2, 0) is 0 Å². The summed E-state index contributed by atoms with van der Waals surface area (Å²) < 4.78 is 0. The molecule has 2 rings (SSSR count). The minimum absolute atomic E-state index is 0.0718. The molecule has 0 aromatic rings. The first-order chi connectivity index (χ1) is 7.72. The number of nitrogens with zero attached hydrogens (tertiary/aromatic N) is 2. The molecule has 2 fully saturated rings. The summed E-state index contributed by atoms with van der Waals surface area (Å²) in [6.45, 7) is 5.82. The molecule has 3 nitrogen and oxygen atoms in total. The molecule has 0 amide bonds. The van der Waals surface area contributed by atoms with Crippen LogP contribution < -0.4 is 0 Å². The van der Waals surface area contributed by atoms with Gasteiger partial charge in [-0.15, -0.1) is 0 Å². The SMILES string of the molecule is CCC1CN(C)CCCN1[C@H]1CCC[C@@H]1O. The second-order valence-corrected chi connectivity index (χ2v) is 5.48. The number of rotatable bonds is 2. The Hall–Kier alpha value is -0.120. The van der Waals surface area contributed by atoms with E-state index in [4.69, 9.17) is 0 Å². The summed E-state index contributed by atoms with van der Waals surface area (Å²) in [5, 5.41) is 10.1. The summed E-state index contributed by atoms with van der Waals surface area (Å²) in [6.07, 6.45) is 5.78. The van der Waals surface area contributed by atoms with Crippen molar-refractivity contribution in [2.75, 3.05) is 26.7 Å². The van der Waals surface area contributed by atoms with Crippen LogP contribution in [0.4, 0.5) is 0 Å². The lowest BCUT2D eigenvalue weighted by atomic mass is 10.1. The van der Waals surface area contributed by atoms with Gasteiger partial charge in [-0.25, -0.2) is 0 Å². The summed E-state index contributed by atoms with van der Waals surface area (Å²) in [6, 6.07) is 1.08. The Morgan fingerprint density at radius 3 is 2.62 bits per heavy atom. The van der Waals surface area contributed by atoms with Gasteiger partial charge in [0.05, 0.1) is 6.10 Å². The molecule has 1 saturated heterocycles. The van der Waals surface area contributed by atoms with Gasteiger partial charge >= 0.3 is 0 Å². The van der Waals surface area contributed by atoms with Gasteiger partial charge in [-0.05, 0) is 45.7 Å². The van der Waals surface area contributed by atoms with E-state index in [2.05, 4.69) is 23.8 Å². The largest absolute Gasteiger partial charge is 0.391 e. The first kappa shape index (κ1) is 12.3. The minimum atomic E-state index is -0.0718. The maximum absolute atomic E-state index is 10.1. The average molecular weight is 226 g/mol. The second-order valence-electron chi connectivity index (χ2n) is 5.48. The van der Waals surface area contributed by atoms with Crippen molar-refractivity contribution in [3.8, 4) is 0 Å². The molecule has 3 atom stereocenters. The first-order valence-corrected chi connectivity index (χ1v) is 6.84. The highest BCUT2D eigenvalue weighted by Gasteiger charge is 2.35. The van der Waals surface area contributed by atoms with Crippen molar-refractivity contribution < 1.29 is 5.11 Å². The van der Waals surface area contributed by atoms with Crippen LogP contribution >= 0.6 is 0 Å². The average Bonchev–Trinajstić information content (AvgIpc) is 2.58. The van der Waals surface area contributed by atoms with E-state index in [1.807, 2.05) is 0 Å². The molecular formula is C13H26N2O. The van der Waals surface area contributed by atoms with E-state index in [9.17, 15) is 5.11 Å². The van der Waals surface area contributed by atoms with E-state index < -0.39 is 0 Å². The van der Waals surface area contributed by atoms with Crippen molar-refractivity contribution in [1.29, 1.82) is 0 Å². The maximum Gasteiger partial charge on any atom is 0.0695 e. The van der Waals surface area contributed by atoms with E-state index in [1.54, 1.807) is 0 Å². The van der Waals surface area contributed by atoms with Crippen molar-refractivity contribution in [2.45, 2.75) is 57.2 Å². The zero-order valence-electron chi connectivity index (χ0n) is 10.7. The fourth-order valence-corrected chi connectivity index (χ4v) is 3.37. The Bertz CT molecular complexity index is 222. The van der Waals surface area contributed by atoms with Crippen LogP contribution in [-0.4, -0.2) is 59.8 Å². The summed E-state index contributed by atoms with van der Waals surface area (Å²) in [5.41, 5.74) is 0. The third-order valence-electron chi connectivity index (χ3n) is 4.29. The fourth-order valence-electron chi connectivity index (χ4n) is 3.37. The molecule has 1 aliphatic heterocycles. The summed E-state index contributed by atoms with van der Waals surface area (Å²) in [7, 11) is 2.22. The lowest BCUT2D eigenvalue weighted by Crippen LogP contribution is -2.48. The first-order valence-electron chi connectivity index (χ1n) is 6.84. The van der Waals surface area contributed by atoms with Gasteiger partial charge in [0.1, 0.15) is 0 Å². The Morgan fingerprint density at radius 2 is 2.00 bits per heavy atom. The zero-order valence-corrected chi connectivity index (χ0v) is 10.7. The van der Waals surface area contributed by atoms with Crippen LogP contribution in [0, 0.1) is 0 Å². The van der Waals surface area contributed by atoms with Crippen molar-refractivity contribution in [3.63, 3.8) is 0 Å². The Kier molecular flexibility index (Phi) is 4.22. The van der Waals surface area contributed by atoms with Gasteiger partial charge in [-0.1, -0.05) is 6.92 Å². The van der Waals surface area contributed by atoms with Gasteiger partial charge in [0.15, 0.2) is 0 Å². The Labute approximate surface area is 99.4 Å². The predicted molar refractivity (Wildman–Crippen MR) is 66.5 cm³/mol. The summed E-state index contributed by atoms with van der Waals surface area (Å²) in [5.74, 6) is 0. The standard InChI is InChI=1S/C13H26N2O/c1-3-11-10-14(2)8-5-9-15(11)12-6-4-7-13(12)16/h11-13,16H,3-10H2,1-2H3/t11?,12-,13-/m0/s1. The van der Waals surface area contributed by atoms with Crippen LogP contribution in [0.3, 0.4) is 0 Å². The lowest BCUT2D eigenvalue weighted by molar-refractivity contribution is 0.0427. The molecule has 0 aromatic carbocycles. The topological polar surface area (TPSA) is 26.7 Å². The Morgan fingerprint density at radius 1 is 1.19 bits per heavy atom. The monoisotopic (exact) mass is 226 g/mol. The molecule has 0 spiro atoms. The van der Waals surface area contributed by atoms with Crippen LogP contribution in [0.2, 0.25) is 0 Å². The molecule has 0 radical (unpaired) electrons. The zero-order chi connectivity index (χ0) is 11.5. The molecule has 1 heterocycles. The van der Waals surface area contributed by atoms with Crippen molar-refractivity contribution in [3.05, 3.63) is 0 Å². The summed E-state index contributed by atoms with van der Waals surface area (Å²) >= 11 is 0. The quantitative estimate of drug-likeness (QED) is 0.769. The smallest absolute Gasteiger partial charge is 0.0695 e. The Balaban J connectivity index is 2.04. The maximum atomic E-state index is 10.1. The molecule has 1 aliphatic carbocycles. The van der Waals surface area contributed by atoms with Crippen LogP contribution in [0.25, 0.3) is 0 Å². The number of aliphatic hydroxyl groups is 1. The van der Waals surface area contributed by atoms with Crippen molar-refractivity contribution in [1.82, 2.24) is 9.80 Å². The van der Waals surface area contributed by atoms with E-state index in [-0.39, 0.29) is 6.10 Å². The van der Waals surface area contributed by atoms with Gasteiger partial charge in [0, 0.05) is 25.2 Å². The highest BCUT2D eigenvalue weighted by molar-refractivity contribution is 4.90. The highest BCUT2D eigenvalue weighted by Crippen LogP contribution is 2.28. The number of likely N-dealkylation sites (N-methyl/N-ethyl adjacent to an activating group) is 1. The lowest BCUT2D eigenvalue weighted by Gasteiger charge is -2.36. The van der Waals surface area contributed by atoms with Crippen LogP contribution in [0.1, 0.15) is 39.0 Å². The van der Waals surface area contributed by atoms with E-state index >= 15 is 0 Å². The van der Waals surface area contributed by atoms with Crippen LogP contribution in [0.15, 0.2) is 0 Å². The summed E-state index contributed by atoms with van der Waals surface area (Å²) in [4.78, 5) is 5.04. The molecule has 3 heteroatoms. The predicted octanol–water partition coefficient (Wildman–Crippen LogP) is 1.32. The number of hydrogen-bond donors (Lipinski definition) is 1. The highest BCUT2D eigenvalue weighted by atomic mass is 16.3. The van der Waals surface area contributed by atoms with E-state index in [0.717, 1.165) is 6.42 Å². The van der Waals surface area contributed by atoms with E-state index in [0.29, 0.717) is 12.1 Å². The molecular weight excluding hydrogens is 200 g/mol. The molecule has 16 heavy (non-hydrogen) atoms. The van der Waals surface area contributed by atoms with E-state index in [1.165, 1.54) is 45.3 Å². The minimum Gasteiger partial charge on any atom is -0.391 e. The third-order valence-corrected chi connectivity index (χ3v) is 4.29. The molecule has 0 aromatic heterocycles. The van der Waals surface area contributed by atoms with Gasteiger partial charge < -0.3 is 10.0 Å². The molecule has 1 N–H and O–H groups in total.